The zero-order valence-corrected chi connectivity index (χ0v) is 39.1. The van der Waals surface area contributed by atoms with Gasteiger partial charge in [0.25, 0.3) is 0 Å². The molecule has 0 radical (unpaired) electrons. The van der Waals surface area contributed by atoms with Crippen LogP contribution in [0.4, 0.5) is 0 Å². The normalized spacial score (nSPS) is 14.1. The zero-order valence-electron chi connectivity index (χ0n) is 39.1. The first-order valence-electron chi connectivity index (χ1n) is 22.6. The fourth-order valence-corrected chi connectivity index (χ4v) is 7.25. The summed E-state index contributed by atoms with van der Waals surface area (Å²) in [5, 5.41) is 35.1. The fourth-order valence-electron chi connectivity index (χ4n) is 7.25. The molecule has 7 atom stereocenters. The number of nitrogens with zero attached hydrogens (tertiary/aromatic N) is 3. The predicted molar refractivity (Wildman–Crippen MR) is 254 cm³/mol. The number of aromatic amines is 3. The molecule has 0 aliphatic heterocycles. The Morgan fingerprint density at radius 1 is 0.634 bits per heavy atom. The Labute approximate surface area is 406 Å². The Kier molecular flexibility index (Phi) is 21.0. The molecule has 27 nitrogen and oxygen atoms in total. The van der Waals surface area contributed by atoms with Gasteiger partial charge >= 0.3 is 11.9 Å². The number of aliphatic carboxylic acids is 2. The molecule has 4 aromatic rings. The van der Waals surface area contributed by atoms with E-state index in [9.17, 15) is 48.3 Å². The number of aromatic nitrogens is 5. The number of primary amides is 1. The summed E-state index contributed by atoms with van der Waals surface area (Å²) in [6.45, 7) is 3.29. The molecule has 3 heterocycles. The highest BCUT2D eigenvalue weighted by Gasteiger charge is 2.35. The van der Waals surface area contributed by atoms with Crippen molar-refractivity contribution in [2.75, 3.05) is 6.54 Å². The number of H-pyrrole nitrogens is 3. The van der Waals surface area contributed by atoms with Crippen LogP contribution in [0, 0.1) is 5.92 Å². The van der Waals surface area contributed by atoms with Crippen LogP contribution in [0.25, 0.3) is 10.9 Å². The molecule has 0 spiro atoms. The van der Waals surface area contributed by atoms with Crippen LogP contribution < -0.4 is 54.8 Å². The van der Waals surface area contributed by atoms with Crippen LogP contribution >= 0.6 is 0 Å². The Bertz CT molecular complexity index is 2490. The van der Waals surface area contributed by atoms with Crippen LogP contribution in [0.5, 0.6) is 0 Å². The van der Waals surface area contributed by atoms with E-state index in [1.165, 1.54) is 25.0 Å². The van der Waals surface area contributed by atoms with Crippen molar-refractivity contribution in [2.45, 2.75) is 114 Å². The molecule has 0 aliphatic carbocycles. The summed E-state index contributed by atoms with van der Waals surface area (Å²) < 4.78 is 0. The molecule has 0 saturated carbocycles. The Hall–Kier alpha value is -8.36. The first-order chi connectivity index (χ1) is 33.7. The van der Waals surface area contributed by atoms with Gasteiger partial charge < -0.3 is 80.0 Å². The van der Waals surface area contributed by atoms with Crippen molar-refractivity contribution >= 4 is 70.2 Å². The number of carbonyl (C=O) groups excluding carboxylic acids is 7. The number of carboxylic acid groups (broad SMARTS) is 2. The van der Waals surface area contributed by atoms with E-state index in [1.54, 1.807) is 38.2 Å². The van der Waals surface area contributed by atoms with Crippen molar-refractivity contribution in [3.8, 4) is 0 Å². The van der Waals surface area contributed by atoms with Crippen molar-refractivity contribution in [3.63, 3.8) is 0 Å². The molecule has 1 aromatic carbocycles. The van der Waals surface area contributed by atoms with Gasteiger partial charge in [-0.25, -0.2) is 14.8 Å². The van der Waals surface area contributed by atoms with E-state index >= 15 is 0 Å². The number of benzene rings is 1. The quantitative estimate of drug-likeness (QED) is 0.0139. The van der Waals surface area contributed by atoms with Gasteiger partial charge in [0.15, 0.2) is 5.96 Å². The smallest absolute Gasteiger partial charge is 0.326 e. The molecule has 0 aliphatic rings. The number of fused-ring (bicyclic) bond motifs is 1. The SMILES string of the molecule is CC(C)[C@H](NC(=O)[C@@H](N)CCC(=O)O)C(=O)N[C@@H](Cc1c[nH]c2ccccc12)C(=O)N[C@@H](Cc1cnc[nH]1)C(=O)N[C@@H](CCCN=C(N)N)C(=O)N[C@@H](Cc1cnc[nH]1)C(=O)N[C@@H](CCC(N)=O)C(=O)O. The first-order valence-corrected chi connectivity index (χ1v) is 22.6. The molecule has 0 bridgehead atoms. The van der Waals surface area contributed by atoms with Gasteiger partial charge in [-0.15, -0.1) is 0 Å². The minimum Gasteiger partial charge on any atom is -0.481 e. The third-order valence-electron chi connectivity index (χ3n) is 11.1. The molecular weight excluding hydrogens is 929 g/mol. The van der Waals surface area contributed by atoms with Crippen molar-refractivity contribution in [3.05, 3.63) is 72.5 Å². The van der Waals surface area contributed by atoms with E-state index in [4.69, 9.17) is 28.0 Å². The maximum atomic E-state index is 14.6. The lowest BCUT2D eigenvalue weighted by molar-refractivity contribution is -0.142. The summed E-state index contributed by atoms with van der Waals surface area (Å²) in [5.41, 5.74) is 24.2. The third-order valence-corrected chi connectivity index (χ3v) is 11.1. The van der Waals surface area contributed by atoms with Gasteiger partial charge in [-0.05, 0) is 43.2 Å². The first kappa shape index (κ1) is 55.2. The van der Waals surface area contributed by atoms with Gasteiger partial charge in [0.2, 0.25) is 41.4 Å². The number of imidazole rings is 2. The molecule has 0 unspecified atom stereocenters. The van der Waals surface area contributed by atoms with Crippen molar-refractivity contribution in [1.82, 2.24) is 56.8 Å². The van der Waals surface area contributed by atoms with Gasteiger partial charge in [-0.1, -0.05) is 32.0 Å². The molecule has 3 aromatic heterocycles. The minimum atomic E-state index is -1.56. The summed E-state index contributed by atoms with van der Waals surface area (Å²) in [6, 6.07) is -2.66. The molecule has 0 fully saturated rings. The summed E-state index contributed by atoms with van der Waals surface area (Å²) in [6.07, 6.45) is 5.19. The van der Waals surface area contributed by atoms with E-state index in [0.29, 0.717) is 17.0 Å². The molecule has 4 rings (SSSR count). The second-order valence-corrected chi connectivity index (χ2v) is 17.0. The Morgan fingerprint density at radius 3 is 1.69 bits per heavy atom. The number of para-hydroxylation sites is 1. The topological polar surface area (TPSA) is 456 Å². The lowest BCUT2D eigenvalue weighted by atomic mass is 9.99. The van der Waals surface area contributed by atoms with Crippen LogP contribution in [0.2, 0.25) is 0 Å². The maximum Gasteiger partial charge on any atom is 0.326 e. The van der Waals surface area contributed by atoms with Gasteiger partial charge in [0, 0.05) is 79.5 Å². The zero-order chi connectivity index (χ0) is 52.2. The third kappa shape index (κ3) is 17.9. The highest BCUT2D eigenvalue weighted by Crippen LogP contribution is 2.20. The number of guanidine groups is 1. The van der Waals surface area contributed by atoms with E-state index in [2.05, 4.69) is 61.8 Å². The number of amides is 7. The van der Waals surface area contributed by atoms with Crippen LogP contribution in [-0.4, -0.2) is 143 Å². The summed E-state index contributed by atoms with van der Waals surface area (Å²) in [7, 11) is 0. The second-order valence-electron chi connectivity index (χ2n) is 17.0. The van der Waals surface area contributed by atoms with Crippen LogP contribution in [0.3, 0.4) is 0 Å². The largest absolute Gasteiger partial charge is 0.481 e. The highest BCUT2D eigenvalue weighted by molar-refractivity contribution is 5.98. The van der Waals surface area contributed by atoms with E-state index in [0.717, 1.165) is 10.9 Å². The number of nitrogens with one attached hydrogen (secondary N) is 9. The molecule has 27 heteroatoms. The Balaban J connectivity index is 1.66. The van der Waals surface area contributed by atoms with E-state index in [1.807, 2.05) is 6.07 Å². The molecular formula is C44H62N16O11. The number of carboxylic acids is 2. The number of aliphatic imine (C=N–C) groups is 1. The summed E-state index contributed by atoms with van der Waals surface area (Å²) >= 11 is 0. The number of rotatable bonds is 30. The molecule has 384 valence electrons. The molecule has 71 heavy (non-hydrogen) atoms. The van der Waals surface area contributed by atoms with Crippen LogP contribution in [0.1, 0.15) is 69.3 Å². The number of hydrogen-bond donors (Lipinski definition) is 15. The predicted octanol–water partition coefficient (Wildman–Crippen LogP) is -3.20. The molecule has 19 N–H and O–H groups in total. The van der Waals surface area contributed by atoms with Gasteiger partial charge in [-0.2, -0.15) is 0 Å². The van der Waals surface area contributed by atoms with Gasteiger partial charge in [0.05, 0.1) is 18.7 Å². The number of hydrogen-bond acceptors (Lipinski definition) is 13. The van der Waals surface area contributed by atoms with Gasteiger partial charge in [0.1, 0.15) is 36.3 Å². The Morgan fingerprint density at radius 2 is 1.17 bits per heavy atom. The number of nitrogens with two attached hydrogens (primary N) is 4. The van der Waals surface area contributed by atoms with E-state index < -0.39 is 108 Å². The van der Waals surface area contributed by atoms with Crippen molar-refractivity contribution in [2.24, 2.45) is 33.8 Å². The van der Waals surface area contributed by atoms with Crippen LogP contribution in [0.15, 0.2) is 60.5 Å². The molecule has 7 amide bonds. The average molecular weight is 991 g/mol. The minimum absolute atomic E-state index is 0.00974. The average Bonchev–Trinajstić information content (AvgIpc) is 4.12. The van der Waals surface area contributed by atoms with Crippen molar-refractivity contribution in [1.29, 1.82) is 0 Å². The highest BCUT2D eigenvalue weighted by atomic mass is 16.4. The number of carbonyl (C=O) groups is 9. The van der Waals surface area contributed by atoms with E-state index in [-0.39, 0.29) is 63.9 Å². The van der Waals surface area contributed by atoms with Crippen molar-refractivity contribution < 1.29 is 53.4 Å². The standard InChI is InChI=1S/C44H62N16O11/c1-22(2)36(60-37(64)27(45)9-12-35(62)63)42(69)59-31(14-23-17-52-28-7-4-3-6-26(23)28)39(66)58-32(15-24-18-49-20-53-24)40(67)55-29(8-5-13-51-44(47)48)38(65)57-33(16-25-19-50-21-54-25)41(68)56-30(43(70)71)10-11-34(46)61/h3-4,6-7,17-22,27,29-33,36,52H,5,8-16,45H2,1-2H3,(H2,46,61)(H,49,53)(H,50,54)(H,55,67)(H,56,68)(H,57,65)(H,58,66)(H,59,69)(H,60,64)(H,62,63)(H,70,71)(H4,47,48,51)/t27-,29-,30-,31-,32-,33-,36-/m0/s1. The van der Waals surface area contributed by atoms with Gasteiger partial charge in [-0.3, -0.25) is 43.3 Å². The summed E-state index contributed by atoms with van der Waals surface area (Å²) in [5.74, 6) is -9.43. The maximum absolute atomic E-state index is 14.6. The fraction of sp³-hybridized carbons (Fsp3) is 0.455. The lowest BCUT2D eigenvalue weighted by Gasteiger charge is -2.28. The summed E-state index contributed by atoms with van der Waals surface area (Å²) in [4.78, 5) is 139. The van der Waals surface area contributed by atoms with Crippen LogP contribution in [-0.2, 0) is 62.4 Å². The second kappa shape index (κ2) is 27.0. The monoisotopic (exact) mass is 990 g/mol. The lowest BCUT2D eigenvalue weighted by Crippen LogP contribution is -2.61. The molecule has 0 saturated heterocycles.